The van der Waals surface area contributed by atoms with Gasteiger partial charge in [0.05, 0.1) is 19.8 Å². The number of ether oxygens (including phenoxy) is 2. The van der Waals surface area contributed by atoms with Crippen LogP contribution in [0.15, 0.2) is 48.5 Å². The highest BCUT2D eigenvalue weighted by atomic mass is 16.5. The van der Waals surface area contributed by atoms with Gasteiger partial charge in [-0.3, -0.25) is 4.79 Å². The Labute approximate surface area is 137 Å². The molecule has 4 nitrogen and oxygen atoms in total. The number of hydrogen-bond donors (Lipinski definition) is 1. The van der Waals surface area contributed by atoms with Gasteiger partial charge in [0.15, 0.2) is 0 Å². The Morgan fingerprint density at radius 3 is 2.43 bits per heavy atom. The van der Waals surface area contributed by atoms with Crippen LogP contribution in [0.25, 0.3) is 11.1 Å². The molecule has 1 atom stereocenters. The number of methoxy groups -OCH3 is 2. The van der Waals surface area contributed by atoms with E-state index in [2.05, 4.69) is 5.32 Å². The van der Waals surface area contributed by atoms with Crippen LogP contribution in [-0.4, -0.2) is 26.7 Å². The summed E-state index contributed by atoms with van der Waals surface area (Å²) in [7, 11) is 3.26. The summed E-state index contributed by atoms with van der Waals surface area (Å²) in [5.74, 6) is 0.842. The SMILES string of the molecule is COCCC(=O)N[C@H](C)c1ccc(-c2ccccc2OC)cc1. The summed E-state index contributed by atoms with van der Waals surface area (Å²) in [6, 6.07) is 16.0. The highest BCUT2D eigenvalue weighted by Crippen LogP contribution is 2.30. The molecule has 0 aromatic heterocycles. The number of amides is 1. The van der Waals surface area contributed by atoms with Crippen LogP contribution < -0.4 is 10.1 Å². The van der Waals surface area contributed by atoms with E-state index in [4.69, 9.17) is 9.47 Å². The molecule has 23 heavy (non-hydrogen) atoms. The molecule has 0 fully saturated rings. The summed E-state index contributed by atoms with van der Waals surface area (Å²) in [6.45, 7) is 2.41. The molecule has 1 N–H and O–H groups in total. The Morgan fingerprint density at radius 1 is 1.09 bits per heavy atom. The third-order valence-electron chi connectivity index (χ3n) is 3.74. The maximum Gasteiger partial charge on any atom is 0.222 e. The van der Waals surface area contributed by atoms with Crippen LogP contribution >= 0.6 is 0 Å². The molecule has 0 radical (unpaired) electrons. The summed E-state index contributed by atoms with van der Waals surface area (Å²) in [4.78, 5) is 11.7. The van der Waals surface area contributed by atoms with Gasteiger partial charge < -0.3 is 14.8 Å². The second kappa shape index (κ2) is 8.34. The molecule has 0 unspecified atom stereocenters. The first-order valence-electron chi connectivity index (χ1n) is 7.67. The van der Waals surface area contributed by atoms with Gasteiger partial charge in [0.25, 0.3) is 0 Å². The van der Waals surface area contributed by atoms with Crippen molar-refractivity contribution in [3.8, 4) is 16.9 Å². The summed E-state index contributed by atoms with van der Waals surface area (Å²) < 4.78 is 10.3. The fraction of sp³-hybridized carbons (Fsp3) is 0.316. The van der Waals surface area contributed by atoms with Crippen molar-refractivity contribution >= 4 is 5.91 Å². The molecule has 1 amide bonds. The highest BCUT2D eigenvalue weighted by Gasteiger charge is 2.10. The van der Waals surface area contributed by atoms with E-state index in [0.29, 0.717) is 13.0 Å². The molecule has 0 spiro atoms. The van der Waals surface area contributed by atoms with Crippen LogP contribution in [0.4, 0.5) is 0 Å². The Balaban J connectivity index is 2.08. The summed E-state index contributed by atoms with van der Waals surface area (Å²) in [6.07, 6.45) is 0.375. The van der Waals surface area contributed by atoms with Crippen molar-refractivity contribution in [2.45, 2.75) is 19.4 Å². The lowest BCUT2D eigenvalue weighted by Gasteiger charge is -2.15. The van der Waals surface area contributed by atoms with Gasteiger partial charge in [0, 0.05) is 19.1 Å². The zero-order valence-corrected chi connectivity index (χ0v) is 13.8. The molecule has 4 heteroatoms. The number of hydrogen-bond acceptors (Lipinski definition) is 3. The van der Waals surface area contributed by atoms with E-state index in [9.17, 15) is 4.79 Å². The molecule has 0 bridgehead atoms. The van der Waals surface area contributed by atoms with Crippen LogP contribution in [0.1, 0.15) is 24.9 Å². The zero-order chi connectivity index (χ0) is 16.7. The van der Waals surface area contributed by atoms with Crippen molar-refractivity contribution in [3.05, 3.63) is 54.1 Å². The number of rotatable bonds is 7. The average molecular weight is 313 g/mol. The molecular formula is C19H23NO3. The third kappa shape index (κ3) is 4.57. The molecule has 0 aliphatic rings. The van der Waals surface area contributed by atoms with Gasteiger partial charge in [0.2, 0.25) is 5.91 Å². The lowest BCUT2D eigenvalue weighted by molar-refractivity contribution is -0.122. The van der Waals surface area contributed by atoms with E-state index in [1.165, 1.54) is 0 Å². The van der Waals surface area contributed by atoms with E-state index in [1.54, 1.807) is 14.2 Å². The van der Waals surface area contributed by atoms with Crippen molar-refractivity contribution in [2.24, 2.45) is 0 Å². The quantitative estimate of drug-likeness (QED) is 0.850. The van der Waals surface area contributed by atoms with E-state index in [0.717, 1.165) is 22.4 Å². The van der Waals surface area contributed by atoms with Crippen molar-refractivity contribution in [1.29, 1.82) is 0 Å². The Kier molecular flexibility index (Phi) is 6.18. The third-order valence-corrected chi connectivity index (χ3v) is 3.74. The average Bonchev–Trinajstić information content (AvgIpc) is 2.60. The molecule has 0 heterocycles. The summed E-state index contributed by atoms with van der Waals surface area (Å²) in [5, 5.41) is 2.97. The molecular weight excluding hydrogens is 290 g/mol. The first kappa shape index (κ1) is 17.0. The zero-order valence-electron chi connectivity index (χ0n) is 13.8. The minimum atomic E-state index is -0.0360. The Morgan fingerprint density at radius 2 is 1.78 bits per heavy atom. The van der Waals surface area contributed by atoms with Crippen molar-refractivity contribution in [3.63, 3.8) is 0 Å². The van der Waals surface area contributed by atoms with Crippen LogP contribution in [0.2, 0.25) is 0 Å². The second-order valence-corrected chi connectivity index (χ2v) is 5.35. The number of benzene rings is 2. The van der Waals surface area contributed by atoms with E-state index < -0.39 is 0 Å². The maximum atomic E-state index is 11.7. The second-order valence-electron chi connectivity index (χ2n) is 5.35. The van der Waals surface area contributed by atoms with E-state index in [1.807, 2.05) is 55.5 Å². The smallest absolute Gasteiger partial charge is 0.222 e. The molecule has 2 aromatic rings. The highest BCUT2D eigenvalue weighted by molar-refractivity contribution is 5.76. The molecule has 0 aliphatic heterocycles. The first-order chi connectivity index (χ1) is 11.2. The summed E-state index contributed by atoms with van der Waals surface area (Å²) in [5.41, 5.74) is 3.21. The van der Waals surface area contributed by atoms with Crippen LogP contribution in [0.3, 0.4) is 0 Å². The number of para-hydroxylation sites is 1. The molecule has 122 valence electrons. The standard InChI is InChI=1S/C19H23NO3/c1-14(20-19(21)12-13-22-2)15-8-10-16(11-9-15)17-6-4-5-7-18(17)23-3/h4-11,14H,12-13H2,1-3H3,(H,20,21)/t14-/m1/s1. The predicted octanol–water partition coefficient (Wildman–Crippen LogP) is 3.58. The lowest BCUT2D eigenvalue weighted by Crippen LogP contribution is -2.27. The minimum absolute atomic E-state index is 0.00634. The van der Waals surface area contributed by atoms with Crippen LogP contribution in [0.5, 0.6) is 5.75 Å². The van der Waals surface area contributed by atoms with Gasteiger partial charge in [0.1, 0.15) is 5.75 Å². The lowest BCUT2D eigenvalue weighted by atomic mass is 10.0. The fourth-order valence-corrected chi connectivity index (χ4v) is 2.43. The number of nitrogens with one attached hydrogen (secondary N) is 1. The fourth-order valence-electron chi connectivity index (χ4n) is 2.43. The van der Waals surface area contributed by atoms with E-state index in [-0.39, 0.29) is 11.9 Å². The molecule has 2 aromatic carbocycles. The number of carbonyl (C=O) groups excluding carboxylic acids is 1. The maximum absolute atomic E-state index is 11.7. The van der Waals surface area contributed by atoms with Gasteiger partial charge in [-0.25, -0.2) is 0 Å². The van der Waals surface area contributed by atoms with Crippen LogP contribution in [0, 0.1) is 0 Å². The predicted molar refractivity (Wildman–Crippen MR) is 91.5 cm³/mol. The van der Waals surface area contributed by atoms with Crippen LogP contribution in [-0.2, 0) is 9.53 Å². The largest absolute Gasteiger partial charge is 0.496 e. The van der Waals surface area contributed by atoms with Gasteiger partial charge in [-0.15, -0.1) is 0 Å². The van der Waals surface area contributed by atoms with Gasteiger partial charge in [-0.1, -0.05) is 42.5 Å². The molecule has 0 saturated carbocycles. The van der Waals surface area contributed by atoms with Gasteiger partial charge in [-0.05, 0) is 24.1 Å². The van der Waals surface area contributed by atoms with Gasteiger partial charge >= 0.3 is 0 Å². The van der Waals surface area contributed by atoms with E-state index >= 15 is 0 Å². The minimum Gasteiger partial charge on any atom is -0.496 e. The van der Waals surface area contributed by atoms with Crippen molar-refractivity contribution < 1.29 is 14.3 Å². The molecule has 0 aliphatic carbocycles. The van der Waals surface area contributed by atoms with Crippen molar-refractivity contribution in [1.82, 2.24) is 5.32 Å². The summed E-state index contributed by atoms with van der Waals surface area (Å²) >= 11 is 0. The molecule has 0 saturated heterocycles. The normalized spacial score (nSPS) is 11.8. The Bertz CT molecular complexity index is 637. The monoisotopic (exact) mass is 313 g/mol. The molecule has 2 rings (SSSR count). The number of carbonyl (C=O) groups is 1. The van der Waals surface area contributed by atoms with Crippen molar-refractivity contribution in [2.75, 3.05) is 20.8 Å². The first-order valence-corrected chi connectivity index (χ1v) is 7.67. The van der Waals surface area contributed by atoms with Gasteiger partial charge in [-0.2, -0.15) is 0 Å². The topological polar surface area (TPSA) is 47.6 Å². The Hall–Kier alpha value is -2.33.